The fraction of sp³-hybridized carbons (Fsp3) is 0.500. The molecule has 2 rings (SSSR count). The predicted molar refractivity (Wildman–Crippen MR) is 54.7 cm³/mol. The standard InChI is InChI=1S/C12H16N/c1-2-4-11(5-3-1)10-12-6-8-13-9-7-12/h1-5,12H,6-10H2. The van der Waals surface area contributed by atoms with Crippen molar-refractivity contribution >= 4 is 0 Å². The number of piperidine rings is 1. The summed E-state index contributed by atoms with van der Waals surface area (Å²) in [7, 11) is 0. The lowest BCUT2D eigenvalue weighted by atomic mass is 9.91. The van der Waals surface area contributed by atoms with Crippen molar-refractivity contribution in [3.8, 4) is 0 Å². The average Bonchev–Trinajstić information content (AvgIpc) is 2.21. The van der Waals surface area contributed by atoms with Gasteiger partial charge < -0.3 is 0 Å². The van der Waals surface area contributed by atoms with Crippen LogP contribution in [-0.2, 0) is 6.42 Å². The van der Waals surface area contributed by atoms with Crippen LogP contribution in [0.4, 0.5) is 0 Å². The molecule has 1 radical (unpaired) electrons. The first kappa shape index (κ1) is 8.76. The fourth-order valence-electron chi connectivity index (χ4n) is 1.96. The van der Waals surface area contributed by atoms with Crippen LogP contribution in [0.5, 0.6) is 0 Å². The topological polar surface area (TPSA) is 14.1 Å². The van der Waals surface area contributed by atoms with Crippen LogP contribution in [0.2, 0.25) is 0 Å². The summed E-state index contributed by atoms with van der Waals surface area (Å²) in [5.41, 5.74) is 1.48. The second-order valence-electron chi connectivity index (χ2n) is 3.80. The summed E-state index contributed by atoms with van der Waals surface area (Å²) in [5, 5.41) is 4.37. The molecule has 13 heavy (non-hydrogen) atoms. The minimum atomic E-state index is 0.875. The summed E-state index contributed by atoms with van der Waals surface area (Å²) in [6, 6.07) is 10.8. The number of benzene rings is 1. The summed E-state index contributed by atoms with van der Waals surface area (Å²) >= 11 is 0. The molecule has 1 heterocycles. The zero-order valence-electron chi connectivity index (χ0n) is 7.95. The normalized spacial score (nSPS) is 18.8. The molecule has 69 valence electrons. The molecule has 1 fully saturated rings. The highest BCUT2D eigenvalue weighted by molar-refractivity contribution is 5.15. The van der Waals surface area contributed by atoms with Crippen molar-refractivity contribution < 1.29 is 0 Å². The van der Waals surface area contributed by atoms with Crippen LogP contribution in [-0.4, -0.2) is 13.1 Å². The van der Waals surface area contributed by atoms with E-state index in [1.165, 1.54) is 24.8 Å². The highest BCUT2D eigenvalue weighted by Gasteiger charge is 2.13. The predicted octanol–water partition coefficient (Wildman–Crippen LogP) is 2.24. The summed E-state index contributed by atoms with van der Waals surface area (Å²) in [5.74, 6) is 0.875. The van der Waals surface area contributed by atoms with Gasteiger partial charge in [-0.25, -0.2) is 5.32 Å². The molecule has 0 bridgehead atoms. The van der Waals surface area contributed by atoms with Crippen LogP contribution in [0, 0.1) is 5.92 Å². The Morgan fingerprint density at radius 3 is 2.46 bits per heavy atom. The van der Waals surface area contributed by atoms with Gasteiger partial charge >= 0.3 is 0 Å². The lowest BCUT2D eigenvalue weighted by Crippen LogP contribution is -2.23. The van der Waals surface area contributed by atoms with Crippen molar-refractivity contribution in [1.29, 1.82) is 0 Å². The third-order valence-corrected chi connectivity index (χ3v) is 2.76. The Kier molecular flexibility index (Phi) is 2.98. The molecule has 0 saturated carbocycles. The number of hydrogen-bond acceptors (Lipinski definition) is 0. The van der Waals surface area contributed by atoms with E-state index in [0.717, 1.165) is 19.0 Å². The lowest BCUT2D eigenvalue weighted by Gasteiger charge is -2.21. The van der Waals surface area contributed by atoms with E-state index in [4.69, 9.17) is 0 Å². The molecule has 0 N–H and O–H groups in total. The van der Waals surface area contributed by atoms with Gasteiger partial charge in [0.15, 0.2) is 0 Å². The first-order chi connectivity index (χ1) is 6.45. The fourth-order valence-corrected chi connectivity index (χ4v) is 1.96. The van der Waals surface area contributed by atoms with Crippen LogP contribution >= 0.6 is 0 Å². The third kappa shape index (κ3) is 2.56. The van der Waals surface area contributed by atoms with Crippen molar-refractivity contribution in [3.63, 3.8) is 0 Å². The van der Waals surface area contributed by atoms with Gasteiger partial charge in [-0.1, -0.05) is 30.3 Å². The van der Waals surface area contributed by atoms with E-state index < -0.39 is 0 Å². The Morgan fingerprint density at radius 1 is 1.08 bits per heavy atom. The van der Waals surface area contributed by atoms with E-state index in [1.807, 2.05) is 0 Å². The smallest absolute Gasteiger partial charge is 0.0136 e. The molecule has 0 unspecified atom stereocenters. The third-order valence-electron chi connectivity index (χ3n) is 2.76. The maximum absolute atomic E-state index is 4.37. The van der Waals surface area contributed by atoms with Crippen LogP contribution in [0.15, 0.2) is 30.3 Å². The van der Waals surface area contributed by atoms with Gasteiger partial charge in [0.1, 0.15) is 0 Å². The highest BCUT2D eigenvalue weighted by atomic mass is 14.9. The number of nitrogens with zero attached hydrogens (tertiary/aromatic N) is 1. The molecular formula is C12H16N. The van der Waals surface area contributed by atoms with Gasteiger partial charge in [-0.3, -0.25) is 0 Å². The van der Waals surface area contributed by atoms with Gasteiger partial charge in [0, 0.05) is 13.1 Å². The van der Waals surface area contributed by atoms with Gasteiger partial charge in [-0.2, -0.15) is 0 Å². The van der Waals surface area contributed by atoms with Gasteiger partial charge in [0.05, 0.1) is 0 Å². The van der Waals surface area contributed by atoms with Crippen molar-refractivity contribution in [2.75, 3.05) is 13.1 Å². The second-order valence-corrected chi connectivity index (χ2v) is 3.80. The Bertz CT molecular complexity index is 237. The minimum absolute atomic E-state index is 0.875. The largest absolute Gasteiger partial charge is 0.242 e. The molecule has 0 atom stereocenters. The second kappa shape index (κ2) is 4.43. The first-order valence-corrected chi connectivity index (χ1v) is 5.12. The van der Waals surface area contributed by atoms with Crippen molar-refractivity contribution in [2.24, 2.45) is 5.92 Å². The van der Waals surface area contributed by atoms with E-state index in [2.05, 4.69) is 35.6 Å². The SMILES string of the molecule is c1ccc(CC2CC[N]CC2)cc1. The average molecular weight is 174 g/mol. The van der Waals surface area contributed by atoms with E-state index in [-0.39, 0.29) is 0 Å². The van der Waals surface area contributed by atoms with Gasteiger partial charge in [-0.15, -0.1) is 0 Å². The van der Waals surface area contributed by atoms with Gasteiger partial charge in [-0.05, 0) is 30.7 Å². The molecular weight excluding hydrogens is 158 g/mol. The monoisotopic (exact) mass is 174 g/mol. The van der Waals surface area contributed by atoms with E-state index in [9.17, 15) is 0 Å². The molecule has 0 aromatic heterocycles. The summed E-state index contributed by atoms with van der Waals surface area (Å²) < 4.78 is 0. The number of hydrogen-bond donors (Lipinski definition) is 0. The summed E-state index contributed by atoms with van der Waals surface area (Å²) in [4.78, 5) is 0. The van der Waals surface area contributed by atoms with Crippen LogP contribution in [0.3, 0.4) is 0 Å². The van der Waals surface area contributed by atoms with Crippen LogP contribution in [0.25, 0.3) is 0 Å². The Morgan fingerprint density at radius 2 is 1.77 bits per heavy atom. The molecule has 1 heteroatoms. The molecule has 1 aliphatic heterocycles. The Hall–Kier alpha value is -0.820. The minimum Gasteiger partial charge on any atom is -0.242 e. The Balaban J connectivity index is 1.90. The van der Waals surface area contributed by atoms with Crippen LogP contribution in [0.1, 0.15) is 18.4 Å². The summed E-state index contributed by atoms with van der Waals surface area (Å²) in [6.07, 6.45) is 3.82. The van der Waals surface area contributed by atoms with Crippen LogP contribution < -0.4 is 5.32 Å². The van der Waals surface area contributed by atoms with E-state index in [0.29, 0.717) is 0 Å². The lowest BCUT2D eigenvalue weighted by molar-refractivity contribution is 0.368. The van der Waals surface area contributed by atoms with Gasteiger partial charge in [0.2, 0.25) is 0 Å². The highest BCUT2D eigenvalue weighted by Crippen LogP contribution is 2.17. The molecule has 0 spiro atoms. The first-order valence-electron chi connectivity index (χ1n) is 5.12. The van der Waals surface area contributed by atoms with Crippen molar-refractivity contribution in [2.45, 2.75) is 19.3 Å². The van der Waals surface area contributed by atoms with E-state index >= 15 is 0 Å². The maximum Gasteiger partial charge on any atom is 0.0136 e. The van der Waals surface area contributed by atoms with Gasteiger partial charge in [0.25, 0.3) is 0 Å². The zero-order chi connectivity index (χ0) is 8.93. The zero-order valence-corrected chi connectivity index (χ0v) is 7.95. The molecule has 1 aromatic carbocycles. The summed E-state index contributed by atoms with van der Waals surface area (Å²) in [6.45, 7) is 2.16. The molecule has 1 nitrogen and oxygen atoms in total. The van der Waals surface area contributed by atoms with Crippen molar-refractivity contribution in [3.05, 3.63) is 35.9 Å². The molecule has 1 aromatic rings. The number of rotatable bonds is 2. The Labute approximate surface area is 80.2 Å². The molecule has 0 amide bonds. The quantitative estimate of drug-likeness (QED) is 0.653. The molecule has 1 saturated heterocycles. The van der Waals surface area contributed by atoms with Crippen molar-refractivity contribution in [1.82, 2.24) is 5.32 Å². The molecule has 1 aliphatic rings. The molecule has 0 aliphatic carbocycles. The maximum atomic E-state index is 4.37. The van der Waals surface area contributed by atoms with E-state index in [1.54, 1.807) is 0 Å².